The fraction of sp³-hybridized carbons (Fsp3) is 0.600. The molecule has 0 aliphatic heterocycles. The van der Waals surface area contributed by atoms with E-state index in [1.54, 1.807) is 6.20 Å². The van der Waals surface area contributed by atoms with Gasteiger partial charge in [0.05, 0.1) is 33.3 Å². The summed E-state index contributed by atoms with van der Waals surface area (Å²) in [4.78, 5) is 18.3. The summed E-state index contributed by atoms with van der Waals surface area (Å²) < 4.78 is 0.390. The molecule has 0 aliphatic carbocycles. The number of aliphatic carboxylic acids is 1. The minimum atomic E-state index is -0.789. The summed E-state index contributed by atoms with van der Waals surface area (Å²) in [5, 5.41) is 9.12. The van der Waals surface area contributed by atoms with Gasteiger partial charge < -0.3 is 14.6 Å². The highest BCUT2D eigenvalue weighted by Crippen LogP contribution is 2.10. The van der Waals surface area contributed by atoms with Crippen molar-refractivity contribution in [3.63, 3.8) is 0 Å². The first kappa shape index (κ1) is 11.7. The number of hydrogen-bond donors (Lipinski definition) is 2. The molecule has 0 saturated heterocycles. The maximum absolute atomic E-state index is 11.1. The first-order valence-corrected chi connectivity index (χ1v) is 4.85. The van der Waals surface area contributed by atoms with Gasteiger partial charge in [-0.2, -0.15) is 0 Å². The lowest BCUT2D eigenvalue weighted by molar-refractivity contribution is -0.887. The number of nitrogens with zero attached hydrogens (tertiary/aromatic N) is 2. The van der Waals surface area contributed by atoms with Crippen molar-refractivity contribution in [2.45, 2.75) is 19.4 Å². The zero-order valence-corrected chi connectivity index (χ0v) is 9.61. The highest BCUT2D eigenvalue weighted by molar-refractivity contribution is 5.72. The van der Waals surface area contributed by atoms with E-state index in [0.29, 0.717) is 10.9 Å². The van der Waals surface area contributed by atoms with Crippen molar-refractivity contribution in [1.82, 2.24) is 9.97 Å². The topological polar surface area (TPSA) is 66.0 Å². The second-order valence-electron chi connectivity index (χ2n) is 4.65. The molecule has 0 radical (unpaired) electrons. The van der Waals surface area contributed by atoms with Gasteiger partial charge in [-0.3, -0.25) is 0 Å². The SMILES string of the molecule is Cc1nc(C[C@@H](C(=O)O)[N+](C)(C)C)c[nH]1. The third kappa shape index (κ3) is 3.06. The van der Waals surface area contributed by atoms with E-state index in [1.165, 1.54) is 0 Å². The third-order valence-electron chi connectivity index (χ3n) is 2.38. The highest BCUT2D eigenvalue weighted by Gasteiger charge is 2.32. The van der Waals surface area contributed by atoms with Crippen molar-refractivity contribution >= 4 is 5.97 Å². The van der Waals surface area contributed by atoms with Crippen molar-refractivity contribution in [1.29, 1.82) is 0 Å². The third-order valence-corrected chi connectivity index (χ3v) is 2.38. The van der Waals surface area contributed by atoms with Crippen LogP contribution in [0.5, 0.6) is 0 Å². The Morgan fingerprint density at radius 2 is 2.20 bits per heavy atom. The lowest BCUT2D eigenvalue weighted by Gasteiger charge is -2.30. The molecule has 0 unspecified atom stereocenters. The molecular formula is C10H18N3O2+. The number of hydrogen-bond acceptors (Lipinski definition) is 2. The van der Waals surface area contributed by atoms with Gasteiger partial charge >= 0.3 is 5.97 Å². The minimum Gasteiger partial charge on any atom is -0.477 e. The summed E-state index contributed by atoms with van der Waals surface area (Å²) in [5.41, 5.74) is 0.799. The van der Waals surface area contributed by atoms with E-state index in [-0.39, 0.29) is 0 Å². The molecule has 0 aliphatic rings. The van der Waals surface area contributed by atoms with Crippen LogP contribution in [0.1, 0.15) is 11.5 Å². The quantitative estimate of drug-likeness (QED) is 0.711. The number of carbonyl (C=O) groups is 1. The summed E-state index contributed by atoms with van der Waals surface area (Å²) in [6.45, 7) is 1.85. The van der Waals surface area contributed by atoms with Crippen LogP contribution in [0.3, 0.4) is 0 Å². The largest absolute Gasteiger partial charge is 0.477 e. The molecule has 1 heterocycles. The average Bonchev–Trinajstić information content (AvgIpc) is 2.44. The number of H-pyrrole nitrogens is 1. The Morgan fingerprint density at radius 1 is 1.60 bits per heavy atom. The number of rotatable bonds is 4. The Hall–Kier alpha value is -1.36. The van der Waals surface area contributed by atoms with E-state index >= 15 is 0 Å². The molecule has 0 amide bonds. The molecule has 1 rings (SSSR count). The van der Waals surface area contributed by atoms with Gasteiger partial charge in [-0.15, -0.1) is 0 Å². The molecule has 15 heavy (non-hydrogen) atoms. The Kier molecular flexibility index (Phi) is 3.14. The van der Waals surface area contributed by atoms with Crippen molar-refractivity contribution in [3.8, 4) is 0 Å². The molecule has 0 spiro atoms. The molecule has 84 valence electrons. The number of aromatic nitrogens is 2. The summed E-state index contributed by atoms with van der Waals surface area (Å²) in [6.07, 6.45) is 2.21. The number of likely N-dealkylation sites (N-methyl/N-ethyl adjacent to an activating group) is 1. The van der Waals surface area contributed by atoms with Crippen LogP contribution >= 0.6 is 0 Å². The lowest BCUT2D eigenvalue weighted by atomic mass is 10.1. The Labute approximate surface area is 89.3 Å². The standard InChI is InChI=1S/C10H17N3O2/c1-7-11-6-8(12-7)5-9(10(14)15)13(2,3)4/h6,9H,5H2,1-4H3,(H-,11,12,14,15)/p+1/t9-/m0/s1. The molecule has 0 aromatic carbocycles. The van der Waals surface area contributed by atoms with Crippen LogP contribution in [-0.4, -0.2) is 52.7 Å². The summed E-state index contributed by atoms with van der Waals surface area (Å²) in [7, 11) is 5.62. The van der Waals surface area contributed by atoms with Gasteiger partial charge in [-0.25, -0.2) is 9.78 Å². The van der Waals surface area contributed by atoms with Gasteiger partial charge in [0.2, 0.25) is 0 Å². The van der Waals surface area contributed by atoms with Gasteiger partial charge in [-0.05, 0) is 6.92 Å². The predicted octanol–water partition coefficient (Wildman–Crippen LogP) is 0.420. The number of carboxylic acids is 1. The van der Waals surface area contributed by atoms with Crippen molar-refractivity contribution in [3.05, 3.63) is 17.7 Å². The number of carboxylic acid groups (broad SMARTS) is 1. The van der Waals surface area contributed by atoms with Gasteiger partial charge in [-0.1, -0.05) is 0 Å². The average molecular weight is 212 g/mol. The van der Waals surface area contributed by atoms with Gasteiger partial charge in [0.25, 0.3) is 0 Å². The molecule has 1 atom stereocenters. The summed E-state index contributed by atoms with van der Waals surface area (Å²) in [5.74, 6) is 0.0266. The van der Waals surface area contributed by atoms with Crippen LogP contribution in [0, 0.1) is 6.92 Å². The molecule has 1 aromatic rings. The van der Waals surface area contributed by atoms with Crippen LogP contribution in [0.15, 0.2) is 6.20 Å². The second-order valence-corrected chi connectivity index (χ2v) is 4.65. The van der Waals surface area contributed by atoms with E-state index in [9.17, 15) is 4.79 Å². The molecule has 0 fully saturated rings. The summed E-state index contributed by atoms with van der Waals surface area (Å²) in [6, 6.07) is -0.465. The highest BCUT2D eigenvalue weighted by atomic mass is 16.4. The van der Waals surface area contributed by atoms with Gasteiger partial charge in [0.1, 0.15) is 5.82 Å². The van der Waals surface area contributed by atoms with E-state index in [4.69, 9.17) is 5.11 Å². The van der Waals surface area contributed by atoms with Crippen LogP contribution < -0.4 is 0 Å². The minimum absolute atomic E-state index is 0.390. The van der Waals surface area contributed by atoms with Gasteiger partial charge in [0, 0.05) is 6.20 Å². The van der Waals surface area contributed by atoms with Crippen molar-refractivity contribution in [2.24, 2.45) is 0 Å². The Morgan fingerprint density at radius 3 is 2.53 bits per heavy atom. The van der Waals surface area contributed by atoms with Crippen molar-refractivity contribution in [2.75, 3.05) is 21.1 Å². The molecule has 5 nitrogen and oxygen atoms in total. The number of aryl methyl sites for hydroxylation is 1. The van der Waals surface area contributed by atoms with E-state index in [0.717, 1.165) is 11.5 Å². The van der Waals surface area contributed by atoms with Crippen LogP contribution in [0.25, 0.3) is 0 Å². The predicted molar refractivity (Wildman–Crippen MR) is 56.5 cm³/mol. The monoisotopic (exact) mass is 212 g/mol. The molecule has 5 heteroatoms. The van der Waals surface area contributed by atoms with Crippen LogP contribution in [-0.2, 0) is 11.2 Å². The Bertz CT molecular complexity index is 352. The fourth-order valence-corrected chi connectivity index (χ4v) is 1.46. The first-order chi connectivity index (χ1) is 6.80. The fourth-order valence-electron chi connectivity index (χ4n) is 1.46. The van der Waals surface area contributed by atoms with E-state index < -0.39 is 12.0 Å². The maximum Gasteiger partial charge on any atom is 0.362 e. The van der Waals surface area contributed by atoms with Gasteiger partial charge in [0.15, 0.2) is 6.04 Å². The number of aromatic amines is 1. The number of imidazole rings is 1. The van der Waals surface area contributed by atoms with Crippen LogP contribution in [0.4, 0.5) is 0 Å². The lowest BCUT2D eigenvalue weighted by Crippen LogP contribution is -2.51. The maximum atomic E-state index is 11.1. The summed E-state index contributed by atoms with van der Waals surface area (Å²) >= 11 is 0. The molecule has 0 saturated carbocycles. The first-order valence-electron chi connectivity index (χ1n) is 4.85. The number of quaternary nitrogens is 1. The number of nitrogens with one attached hydrogen (secondary N) is 1. The van der Waals surface area contributed by atoms with Crippen molar-refractivity contribution < 1.29 is 14.4 Å². The molecule has 0 bridgehead atoms. The Balaban J connectivity index is 2.81. The molecular weight excluding hydrogens is 194 g/mol. The van der Waals surface area contributed by atoms with Crippen LogP contribution in [0.2, 0.25) is 0 Å². The molecule has 1 aromatic heterocycles. The zero-order valence-electron chi connectivity index (χ0n) is 9.61. The molecule has 2 N–H and O–H groups in total. The van der Waals surface area contributed by atoms with E-state index in [2.05, 4.69) is 9.97 Å². The normalized spacial score (nSPS) is 13.9. The second kappa shape index (κ2) is 4.02. The zero-order chi connectivity index (χ0) is 11.6. The van der Waals surface area contributed by atoms with E-state index in [1.807, 2.05) is 28.1 Å². The smallest absolute Gasteiger partial charge is 0.362 e.